The van der Waals surface area contributed by atoms with E-state index in [0.29, 0.717) is 11.3 Å². The Kier molecular flexibility index (Phi) is 5.49. The molecule has 5 nitrogen and oxygen atoms in total. The van der Waals surface area contributed by atoms with Gasteiger partial charge in [0.25, 0.3) is 0 Å². The van der Waals surface area contributed by atoms with Crippen molar-refractivity contribution in [2.75, 3.05) is 6.61 Å². The van der Waals surface area contributed by atoms with E-state index in [4.69, 9.17) is 4.74 Å². The maximum absolute atomic E-state index is 13.1. The molecule has 144 valence electrons. The molecule has 0 radical (unpaired) electrons. The van der Waals surface area contributed by atoms with Gasteiger partial charge in [0.15, 0.2) is 0 Å². The third-order valence-electron chi connectivity index (χ3n) is 5.71. The largest absolute Gasteiger partial charge is 0.463 e. The predicted molar refractivity (Wildman–Crippen MR) is 102 cm³/mol. The van der Waals surface area contributed by atoms with Gasteiger partial charge in [-0.05, 0) is 31.7 Å². The normalized spacial score (nSPS) is 18.0. The summed E-state index contributed by atoms with van der Waals surface area (Å²) in [5.41, 5.74) is 2.42. The third kappa shape index (κ3) is 3.43. The average Bonchev–Trinajstić information content (AvgIpc) is 2.62. The smallest absolute Gasteiger partial charge is 0.336 e. The molecule has 0 aliphatic heterocycles. The molecular weight excluding hydrogens is 342 g/mol. The Bertz CT molecular complexity index is 788. The van der Waals surface area contributed by atoms with E-state index >= 15 is 0 Å². The first kappa shape index (κ1) is 19.3. The molecule has 2 amide bonds. The van der Waals surface area contributed by atoms with Gasteiger partial charge in [-0.25, -0.2) is 9.69 Å². The van der Waals surface area contributed by atoms with Crippen molar-refractivity contribution < 1.29 is 19.1 Å². The maximum Gasteiger partial charge on any atom is 0.336 e. The SMILES string of the molecule is CCOC(=O)C1=C(N(C(C)=O)C(C)=O)c2ccccc2CC12CCCCC2. The zero-order valence-corrected chi connectivity index (χ0v) is 16.3. The number of hydrogen-bond acceptors (Lipinski definition) is 4. The lowest BCUT2D eigenvalue weighted by atomic mass is 9.61. The summed E-state index contributed by atoms with van der Waals surface area (Å²) < 4.78 is 5.42. The molecule has 0 heterocycles. The minimum Gasteiger partial charge on any atom is -0.463 e. The molecule has 0 unspecified atom stereocenters. The molecule has 1 aromatic rings. The summed E-state index contributed by atoms with van der Waals surface area (Å²) in [7, 11) is 0. The first-order chi connectivity index (χ1) is 12.9. The summed E-state index contributed by atoms with van der Waals surface area (Å²) in [5.74, 6) is -1.18. The summed E-state index contributed by atoms with van der Waals surface area (Å²) in [5, 5.41) is 0. The lowest BCUT2D eigenvalue weighted by Gasteiger charge is -2.44. The van der Waals surface area contributed by atoms with E-state index in [2.05, 4.69) is 0 Å². The molecule has 1 saturated carbocycles. The Morgan fingerprint density at radius 1 is 1.04 bits per heavy atom. The zero-order chi connectivity index (χ0) is 19.6. The summed E-state index contributed by atoms with van der Waals surface area (Å²) in [6, 6.07) is 7.76. The van der Waals surface area contributed by atoms with Crippen LogP contribution >= 0.6 is 0 Å². The molecule has 0 N–H and O–H groups in total. The second kappa shape index (κ2) is 7.67. The molecule has 27 heavy (non-hydrogen) atoms. The van der Waals surface area contributed by atoms with E-state index < -0.39 is 5.97 Å². The molecule has 0 bridgehead atoms. The lowest BCUT2D eigenvalue weighted by Crippen LogP contribution is -2.42. The number of carbonyl (C=O) groups is 3. The molecule has 2 aliphatic carbocycles. The van der Waals surface area contributed by atoms with Crippen molar-refractivity contribution in [3.63, 3.8) is 0 Å². The molecule has 1 spiro atoms. The van der Waals surface area contributed by atoms with Crippen molar-refractivity contribution in [2.45, 2.75) is 59.3 Å². The quantitative estimate of drug-likeness (QED) is 0.759. The van der Waals surface area contributed by atoms with E-state index in [-0.39, 0.29) is 23.8 Å². The number of hydrogen-bond donors (Lipinski definition) is 0. The van der Waals surface area contributed by atoms with Crippen LogP contribution in [0.3, 0.4) is 0 Å². The number of nitrogens with zero attached hydrogens (tertiary/aromatic N) is 1. The molecule has 0 atom stereocenters. The van der Waals surface area contributed by atoms with Gasteiger partial charge in [-0.2, -0.15) is 0 Å². The second-order valence-corrected chi connectivity index (χ2v) is 7.49. The number of carbonyl (C=O) groups excluding carboxylic acids is 3. The van der Waals surface area contributed by atoms with Gasteiger partial charge in [0.1, 0.15) is 0 Å². The van der Waals surface area contributed by atoms with Crippen molar-refractivity contribution in [3.8, 4) is 0 Å². The third-order valence-corrected chi connectivity index (χ3v) is 5.71. The van der Waals surface area contributed by atoms with E-state index in [1.807, 2.05) is 24.3 Å². The van der Waals surface area contributed by atoms with Crippen LogP contribution in [-0.2, 0) is 25.5 Å². The minimum absolute atomic E-state index is 0.257. The van der Waals surface area contributed by atoms with Crippen LogP contribution in [0.5, 0.6) is 0 Å². The van der Waals surface area contributed by atoms with Crippen LogP contribution in [-0.4, -0.2) is 29.3 Å². The van der Waals surface area contributed by atoms with Crippen molar-refractivity contribution in [2.24, 2.45) is 5.41 Å². The van der Waals surface area contributed by atoms with Crippen molar-refractivity contribution in [3.05, 3.63) is 41.0 Å². The van der Waals surface area contributed by atoms with Gasteiger partial charge in [-0.15, -0.1) is 0 Å². The van der Waals surface area contributed by atoms with E-state index in [0.717, 1.165) is 54.6 Å². The zero-order valence-electron chi connectivity index (χ0n) is 16.3. The Morgan fingerprint density at radius 2 is 1.67 bits per heavy atom. The predicted octanol–water partition coefficient (Wildman–Crippen LogP) is 3.86. The van der Waals surface area contributed by atoms with Crippen LogP contribution in [0, 0.1) is 5.41 Å². The number of ether oxygens (including phenoxy) is 1. The Morgan fingerprint density at radius 3 is 2.26 bits per heavy atom. The fourth-order valence-corrected chi connectivity index (χ4v) is 4.68. The molecule has 2 aliphatic rings. The van der Waals surface area contributed by atoms with Crippen LogP contribution in [0.2, 0.25) is 0 Å². The Hall–Kier alpha value is -2.43. The number of rotatable bonds is 3. The summed E-state index contributed by atoms with van der Waals surface area (Å²) >= 11 is 0. The van der Waals surface area contributed by atoms with Gasteiger partial charge >= 0.3 is 5.97 Å². The van der Waals surface area contributed by atoms with Crippen LogP contribution in [0.4, 0.5) is 0 Å². The summed E-state index contributed by atoms with van der Waals surface area (Å²) in [6.07, 6.45) is 5.66. The maximum atomic E-state index is 13.1. The standard InChI is InChI=1S/C22H27NO4/c1-4-27-21(26)19-20(23(15(2)24)16(3)25)18-11-7-6-10-17(18)14-22(19)12-8-5-9-13-22/h6-7,10-11H,4-5,8-9,12-14H2,1-3H3. The number of esters is 1. The van der Waals surface area contributed by atoms with Gasteiger partial charge in [0.2, 0.25) is 11.8 Å². The van der Waals surface area contributed by atoms with Crippen LogP contribution < -0.4 is 0 Å². The highest BCUT2D eigenvalue weighted by molar-refractivity contribution is 6.09. The number of imide groups is 1. The van der Waals surface area contributed by atoms with E-state index in [1.54, 1.807) is 6.92 Å². The van der Waals surface area contributed by atoms with Crippen LogP contribution in [0.25, 0.3) is 5.70 Å². The highest BCUT2D eigenvalue weighted by atomic mass is 16.5. The minimum atomic E-state index is -0.406. The molecule has 1 fully saturated rings. The molecule has 3 rings (SSSR count). The van der Waals surface area contributed by atoms with Crippen LogP contribution in [0.1, 0.15) is 64.0 Å². The fraction of sp³-hybridized carbons (Fsp3) is 0.500. The fourth-order valence-electron chi connectivity index (χ4n) is 4.68. The number of benzene rings is 1. The lowest BCUT2D eigenvalue weighted by molar-refractivity contribution is -0.140. The van der Waals surface area contributed by atoms with Gasteiger partial charge in [-0.1, -0.05) is 43.5 Å². The van der Waals surface area contributed by atoms with Gasteiger partial charge in [0.05, 0.1) is 17.9 Å². The van der Waals surface area contributed by atoms with Crippen LogP contribution in [0.15, 0.2) is 29.8 Å². The van der Waals surface area contributed by atoms with E-state index in [1.165, 1.54) is 13.8 Å². The number of fused-ring (bicyclic) bond motifs is 1. The average molecular weight is 369 g/mol. The Balaban J connectivity index is 2.34. The topological polar surface area (TPSA) is 63.7 Å². The summed E-state index contributed by atoms with van der Waals surface area (Å²) in [6.45, 7) is 4.76. The first-order valence-corrected chi connectivity index (χ1v) is 9.72. The van der Waals surface area contributed by atoms with Gasteiger partial charge in [0, 0.05) is 24.8 Å². The highest BCUT2D eigenvalue weighted by Crippen LogP contribution is 2.52. The monoisotopic (exact) mass is 369 g/mol. The van der Waals surface area contributed by atoms with Gasteiger partial charge in [-0.3, -0.25) is 9.59 Å². The number of amides is 2. The van der Waals surface area contributed by atoms with Gasteiger partial charge < -0.3 is 4.74 Å². The molecule has 0 aromatic heterocycles. The molecule has 0 saturated heterocycles. The Labute approximate surface area is 160 Å². The molecule has 5 heteroatoms. The van der Waals surface area contributed by atoms with E-state index in [9.17, 15) is 14.4 Å². The summed E-state index contributed by atoms with van der Waals surface area (Å²) in [4.78, 5) is 39.1. The molecule has 1 aromatic carbocycles. The first-order valence-electron chi connectivity index (χ1n) is 9.72. The molecular formula is C22H27NO4. The van der Waals surface area contributed by atoms with Crippen molar-refractivity contribution in [1.29, 1.82) is 0 Å². The van der Waals surface area contributed by atoms with Crippen molar-refractivity contribution in [1.82, 2.24) is 4.90 Å². The highest BCUT2D eigenvalue weighted by Gasteiger charge is 2.47. The van der Waals surface area contributed by atoms with Crippen molar-refractivity contribution >= 4 is 23.5 Å². The second-order valence-electron chi connectivity index (χ2n) is 7.49.